The number of carbonyl (C=O) groups is 2. The Balaban J connectivity index is 1.80. The monoisotopic (exact) mass is 387 g/mol. The van der Waals surface area contributed by atoms with Crippen LogP contribution in [-0.4, -0.2) is 27.5 Å². The molecule has 0 aliphatic rings. The number of benzene rings is 1. The summed E-state index contributed by atoms with van der Waals surface area (Å²) < 4.78 is 38.2. The van der Waals surface area contributed by atoms with Crippen molar-refractivity contribution >= 4 is 34.6 Å². The quantitative estimate of drug-likeness (QED) is 0.700. The third-order valence-corrected chi connectivity index (χ3v) is 4.08. The van der Waals surface area contributed by atoms with Gasteiger partial charge in [-0.3, -0.25) is 14.2 Å². The summed E-state index contributed by atoms with van der Waals surface area (Å²) in [4.78, 5) is 28.2. The van der Waals surface area contributed by atoms with Crippen LogP contribution in [0.1, 0.15) is 33.2 Å². The van der Waals surface area contributed by atoms with Gasteiger partial charge >= 0.3 is 6.18 Å². The van der Waals surface area contributed by atoms with Gasteiger partial charge in [-0.25, -0.2) is 4.98 Å². The molecule has 0 aliphatic carbocycles. The number of hydrogen-bond acceptors (Lipinski definition) is 3. The maximum absolute atomic E-state index is 12.5. The molecule has 1 aromatic carbocycles. The van der Waals surface area contributed by atoms with Crippen molar-refractivity contribution in [1.82, 2.24) is 9.55 Å². The van der Waals surface area contributed by atoms with Crippen LogP contribution in [-0.2, 0) is 0 Å². The molecule has 5 nitrogen and oxygen atoms in total. The molecule has 0 saturated carbocycles. The molecule has 0 aliphatic heterocycles. The van der Waals surface area contributed by atoms with E-state index >= 15 is 0 Å². The van der Waals surface area contributed by atoms with E-state index in [1.165, 1.54) is 35.9 Å². The van der Waals surface area contributed by atoms with E-state index in [9.17, 15) is 22.8 Å². The van der Waals surface area contributed by atoms with Gasteiger partial charge in [-0.2, -0.15) is 13.2 Å². The molecule has 8 heteroatoms. The van der Waals surface area contributed by atoms with Crippen LogP contribution in [0, 0.1) is 6.92 Å². The van der Waals surface area contributed by atoms with Crippen LogP contribution in [0.2, 0.25) is 0 Å². The average molecular weight is 387 g/mol. The van der Waals surface area contributed by atoms with Gasteiger partial charge in [0.2, 0.25) is 5.91 Å². The number of aromatic nitrogens is 2. The fourth-order valence-corrected chi connectivity index (χ4v) is 2.78. The molecule has 144 valence electrons. The Morgan fingerprint density at radius 1 is 1.18 bits per heavy atom. The van der Waals surface area contributed by atoms with Crippen molar-refractivity contribution in [2.24, 2.45) is 0 Å². The molecular weight excluding hydrogens is 371 g/mol. The van der Waals surface area contributed by atoms with E-state index in [1.54, 1.807) is 25.3 Å². The average Bonchev–Trinajstić information content (AvgIpc) is 3.02. The third-order valence-electron chi connectivity index (χ3n) is 4.08. The Labute approximate surface area is 158 Å². The fraction of sp³-hybridized carbons (Fsp3) is 0.150. The molecule has 0 saturated heterocycles. The third kappa shape index (κ3) is 4.28. The zero-order chi connectivity index (χ0) is 20.5. The van der Waals surface area contributed by atoms with Crippen molar-refractivity contribution in [2.75, 3.05) is 5.32 Å². The van der Waals surface area contributed by atoms with E-state index in [4.69, 9.17) is 0 Å². The first kappa shape index (κ1) is 19.3. The summed E-state index contributed by atoms with van der Waals surface area (Å²) in [5, 5.41) is 3.40. The summed E-state index contributed by atoms with van der Waals surface area (Å²) in [7, 11) is 0. The lowest BCUT2D eigenvalue weighted by Crippen LogP contribution is -2.13. The van der Waals surface area contributed by atoms with Gasteiger partial charge in [0.05, 0.1) is 11.9 Å². The SMILES string of the molecule is CC(=O)n1ccc2cc(NC(=O)c3ccc(/C=C/C(F)(F)F)cc3C)cnc21. The van der Waals surface area contributed by atoms with Crippen molar-refractivity contribution in [3.05, 3.63) is 65.5 Å². The van der Waals surface area contributed by atoms with Gasteiger partial charge in [-0.05, 0) is 36.2 Å². The van der Waals surface area contributed by atoms with Crippen LogP contribution in [0.15, 0.2) is 48.8 Å². The van der Waals surface area contributed by atoms with Crippen molar-refractivity contribution in [3.63, 3.8) is 0 Å². The number of nitrogens with one attached hydrogen (secondary N) is 1. The van der Waals surface area contributed by atoms with Gasteiger partial charge < -0.3 is 5.32 Å². The van der Waals surface area contributed by atoms with Crippen LogP contribution in [0.3, 0.4) is 0 Å². The topological polar surface area (TPSA) is 64.0 Å². The van der Waals surface area contributed by atoms with E-state index in [-0.39, 0.29) is 12.0 Å². The molecule has 1 amide bonds. The first-order valence-corrected chi connectivity index (χ1v) is 8.30. The number of allylic oxidation sites excluding steroid dienone is 1. The molecule has 1 N–H and O–H groups in total. The molecule has 0 bridgehead atoms. The highest BCUT2D eigenvalue weighted by atomic mass is 19.4. The number of nitrogens with zero attached hydrogens (tertiary/aromatic N) is 2. The maximum atomic E-state index is 12.5. The molecule has 2 aromatic heterocycles. The summed E-state index contributed by atoms with van der Waals surface area (Å²) in [5.74, 6) is -0.578. The minimum absolute atomic E-state index is 0.148. The number of halogens is 3. The van der Waals surface area contributed by atoms with Gasteiger partial charge in [0.25, 0.3) is 5.91 Å². The normalized spacial score (nSPS) is 11.9. The van der Waals surface area contributed by atoms with Gasteiger partial charge in [0, 0.05) is 30.1 Å². The highest BCUT2D eigenvalue weighted by molar-refractivity contribution is 6.06. The van der Waals surface area contributed by atoms with Crippen LogP contribution < -0.4 is 5.32 Å². The van der Waals surface area contributed by atoms with Gasteiger partial charge in [0.15, 0.2) is 0 Å². The summed E-state index contributed by atoms with van der Waals surface area (Å²) in [6.07, 6.45) is -0.253. The Kier molecular flexibility index (Phi) is 5.04. The molecule has 0 radical (unpaired) electrons. The lowest BCUT2D eigenvalue weighted by atomic mass is 10.0. The molecule has 3 rings (SSSR count). The van der Waals surface area contributed by atoms with E-state index in [0.29, 0.717) is 33.4 Å². The summed E-state index contributed by atoms with van der Waals surface area (Å²) >= 11 is 0. The molecule has 0 unspecified atom stereocenters. The number of anilines is 1. The molecule has 28 heavy (non-hydrogen) atoms. The number of carbonyl (C=O) groups excluding carboxylic acids is 2. The van der Waals surface area contributed by atoms with E-state index in [1.807, 2.05) is 0 Å². The predicted molar refractivity (Wildman–Crippen MR) is 100 cm³/mol. The fourth-order valence-electron chi connectivity index (χ4n) is 2.78. The van der Waals surface area contributed by atoms with Crippen molar-refractivity contribution in [2.45, 2.75) is 20.0 Å². The standard InChI is InChI=1S/C20H16F3N3O2/c1-12-9-14(5-7-20(21,22)23)3-4-17(12)19(28)25-16-10-15-6-8-26(13(2)27)18(15)24-11-16/h3-11H,1-2H3,(H,25,28)/b7-5+. The van der Waals surface area contributed by atoms with Crippen LogP contribution in [0.25, 0.3) is 17.1 Å². The number of alkyl halides is 3. The van der Waals surface area contributed by atoms with E-state index in [2.05, 4.69) is 10.3 Å². The van der Waals surface area contributed by atoms with Crippen LogP contribution >= 0.6 is 0 Å². The summed E-state index contributed by atoms with van der Waals surface area (Å²) in [5.41, 5.74) is 2.16. The van der Waals surface area contributed by atoms with Crippen molar-refractivity contribution < 1.29 is 22.8 Å². The molecule has 2 heterocycles. The zero-order valence-electron chi connectivity index (χ0n) is 15.0. The highest BCUT2D eigenvalue weighted by Gasteiger charge is 2.21. The number of amides is 1. The van der Waals surface area contributed by atoms with E-state index < -0.39 is 12.1 Å². The predicted octanol–water partition coefficient (Wildman–Crippen LogP) is 4.83. The summed E-state index contributed by atoms with van der Waals surface area (Å²) in [6.45, 7) is 3.07. The molecule has 0 atom stereocenters. The largest absolute Gasteiger partial charge is 0.409 e. The maximum Gasteiger partial charge on any atom is 0.409 e. The Morgan fingerprint density at radius 2 is 1.93 bits per heavy atom. The first-order valence-electron chi connectivity index (χ1n) is 8.30. The van der Waals surface area contributed by atoms with Gasteiger partial charge in [-0.15, -0.1) is 0 Å². The Hall–Kier alpha value is -3.42. The second-order valence-corrected chi connectivity index (χ2v) is 6.25. The van der Waals surface area contributed by atoms with Crippen LogP contribution in [0.4, 0.5) is 18.9 Å². The molecule has 0 fully saturated rings. The van der Waals surface area contributed by atoms with Gasteiger partial charge in [-0.1, -0.05) is 18.2 Å². The molecular formula is C20H16F3N3O2. The second kappa shape index (κ2) is 7.30. The number of pyridine rings is 1. The van der Waals surface area contributed by atoms with Crippen LogP contribution in [0.5, 0.6) is 0 Å². The number of fused-ring (bicyclic) bond motifs is 1. The number of aryl methyl sites for hydroxylation is 1. The number of rotatable bonds is 3. The zero-order valence-corrected chi connectivity index (χ0v) is 15.0. The second-order valence-electron chi connectivity index (χ2n) is 6.25. The molecule has 3 aromatic rings. The Morgan fingerprint density at radius 3 is 2.57 bits per heavy atom. The highest BCUT2D eigenvalue weighted by Crippen LogP contribution is 2.21. The van der Waals surface area contributed by atoms with E-state index in [0.717, 1.165) is 6.08 Å². The number of hydrogen-bond donors (Lipinski definition) is 1. The molecule has 0 spiro atoms. The minimum Gasteiger partial charge on any atom is -0.321 e. The summed E-state index contributed by atoms with van der Waals surface area (Å²) in [6, 6.07) is 7.82. The smallest absolute Gasteiger partial charge is 0.321 e. The lowest BCUT2D eigenvalue weighted by molar-refractivity contribution is -0.0790. The Bertz CT molecular complexity index is 1100. The van der Waals surface area contributed by atoms with Crippen molar-refractivity contribution in [1.29, 1.82) is 0 Å². The minimum atomic E-state index is -4.39. The van der Waals surface area contributed by atoms with Gasteiger partial charge in [0.1, 0.15) is 5.65 Å². The first-order chi connectivity index (χ1) is 13.1. The van der Waals surface area contributed by atoms with Crippen molar-refractivity contribution in [3.8, 4) is 0 Å². The lowest BCUT2D eigenvalue weighted by Gasteiger charge is -2.09.